The number of ether oxygens (including phenoxy) is 1. The topological polar surface area (TPSA) is 41.5 Å². The third-order valence-electron chi connectivity index (χ3n) is 4.80. The van der Waals surface area contributed by atoms with E-state index in [1.54, 1.807) is 20.1 Å². The molecule has 0 saturated carbocycles. The molecule has 1 heterocycles. The van der Waals surface area contributed by atoms with E-state index in [-0.39, 0.29) is 11.7 Å². The molecule has 2 rings (SSSR count). The quantitative estimate of drug-likeness (QED) is 0.760. The molecule has 124 valence electrons. The van der Waals surface area contributed by atoms with Crippen LogP contribution in [-0.2, 0) is 10.3 Å². The van der Waals surface area contributed by atoms with Gasteiger partial charge in [0.05, 0.1) is 5.60 Å². The fraction of sp³-hybridized carbons (Fsp3) is 0.667. The molecular formula is C18H28FNO2. The van der Waals surface area contributed by atoms with Gasteiger partial charge in [-0.05, 0) is 62.8 Å². The summed E-state index contributed by atoms with van der Waals surface area (Å²) >= 11 is 0. The molecule has 0 amide bonds. The zero-order chi connectivity index (χ0) is 16.0. The summed E-state index contributed by atoms with van der Waals surface area (Å²) in [5, 5.41) is 14.7. The Hall–Kier alpha value is -0.970. The van der Waals surface area contributed by atoms with Crippen molar-refractivity contribution in [3.05, 3.63) is 35.1 Å². The Morgan fingerprint density at radius 1 is 1.41 bits per heavy atom. The predicted octanol–water partition coefficient (Wildman–Crippen LogP) is 3.14. The fourth-order valence-electron chi connectivity index (χ4n) is 3.35. The van der Waals surface area contributed by atoms with Crippen LogP contribution in [0, 0.1) is 18.7 Å². The Balaban J connectivity index is 2.20. The van der Waals surface area contributed by atoms with E-state index >= 15 is 0 Å². The first kappa shape index (κ1) is 17.4. The third kappa shape index (κ3) is 4.06. The number of aliphatic hydroxyl groups is 1. The van der Waals surface area contributed by atoms with E-state index in [0.29, 0.717) is 24.2 Å². The summed E-state index contributed by atoms with van der Waals surface area (Å²) in [4.78, 5) is 0. The number of hydrogen-bond donors (Lipinski definition) is 2. The lowest BCUT2D eigenvalue weighted by molar-refractivity contribution is -0.0436. The van der Waals surface area contributed by atoms with Gasteiger partial charge in [0.25, 0.3) is 0 Å². The van der Waals surface area contributed by atoms with Crippen LogP contribution in [0.1, 0.15) is 43.2 Å². The van der Waals surface area contributed by atoms with Crippen LogP contribution < -0.4 is 5.32 Å². The molecule has 2 N–H and O–H groups in total. The monoisotopic (exact) mass is 309 g/mol. The molecule has 0 bridgehead atoms. The highest BCUT2D eigenvalue weighted by atomic mass is 19.1. The first-order chi connectivity index (χ1) is 10.6. The standard InChI is InChI=1S/C18H28FNO2/c1-14-7-8-15(12-17(14)19)18(21,9-3-4-11-22-2)16-6-5-10-20-13-16/h7-8,12,16,20-21H,3-6,9-11,13H2,1-2H3/t16-,18?/m1/s1. The van der Waals surface area contributed by atoms with Crippen molar-refractivity contribution in [2.75, 3.05) is 26.8 Å². The number of piperidine rings is 1. The summed E-state index contributed by atoms with van der Waals surface area (Å²) in [5.74, 6) is -0.109. The number of halogens is 1. The molecule has 1 aromatic carbocycles. The first-order valence-corrected chi connectivity index (χ1v) is 8.26. The molecule has 0 aliphatic carbocycles. The maximum atomic E-state index is 14.0. The van der Waals surface area contributed by atoms with Crippen molar-refractivity contribution in [1.29, 1.82) is 0 Å². The van der Waals surface area contributed by atoms with Crippen molar-refractivity contribution in [2.24, 2.45) is 5.92 Å². The van der Waals surface area contributed by atoms with Crippen LogP contribution in [0.15, 0.2) is 18.2 Å². The van der Waals surface area contributed by atoms with E-state index < -0.39 is 5.60 Å². The second-order valence-corrected chi connectivity index (χ2v) is 6.38. The summed E-state index contributed by atoms with van der Waals surface area (Å²) in [6, 6.07) is 5.16. The zero-order valence-electron chi connectivity index (χ0n) is 13.7. The summed E-state index contributed by atoms with van der Waals surface area (Å²) in [7, 11) is 1.69. The van der Waals surface area contributed by atoms with Gasteiger partial charge in [-0.3, -0.25) is 0 Å². The first-order valence-electron chi connectivity index (χ1n) is 8.26. The molecule has 1 aliphatic rings. The normalized spacial score (nSPS) is 21.5. The number of hydrogen-bond acceptors (Lipinski definition) is 3. The summed E-state index contributed by atoms with van der Waals surface area (Å²) in [5.41, 5.74) is 0.365. The SMILES string of the molecule is COCCCCC(O)(c1ccc(C)c(F)c1)[C@@H]1CCCNC1. The number of methoxy groups -OCH3 is 1. The van der Waals surface area contributed by atoms with E-state index in [1.807, 2.05) is 6.07 Å². The molecule has 22 heavy (non-hydrogen) atoms. The molecule has 0 aromatic heterocycles. The van der Waals surface area contributed by atoms with Crippen LogP contribution in [0.25, 0.3) is 0 Å². The highest BCUT2D eigenvalue weighted by molar-refractivity contribution is 5.29. The Kier molecular flexibility index (Phi) is 6.36. The lowest BCUT2D eigenvalue weighted by Crippen LogP contribution is -2.44. The average molecular weight is 309 g/mol. The van der Waals surface area contributed by atoms with Crippen LogP contribution >= 0.6 is 0 Å². The number of aryl methyl sites for hydroxylation is 1. The van der Waals surface area contributed by atoms with Gasteiger partial charge in [0.1, 0.15) is 5.82 Å². The van der Waals surface area contributed by atoms with Crippen molar-refractivity contribution in [3.63, 3.8) is 0 Å². The molecule has 4 heteroatoms. The van der Waals surface area contributed by atoms with E-state index in [0.717, 1.165) is 38.8 Å². The van der Waals surface area contributed by atoms with E-state index in [4.69, 9.17) is 4.74 Å². The molecule has 2 atom stereocenters. The van der Waals surface area contributed by atoms with Crippen LogP contribution in [0.3, 0.4) is 0 Å². The lowest BCUT2D eigenvalue weighted by atomic mass is 9.74. The van der Waals surface area contributed by atoms with Crippen LogP contribution in [0.5, 0.6) is 0 Å². The minimum Gasteiger partial charge on any atom is -0.385 e. The Morgan fingerprint density at radius 2 is 2.23 bits per heavy atom. The maximum Gasteiger partial charge on any atom is 0.126 e. The third-order valence-corrected chi connectivity index (χ3v) is 4.80. The van der Waals surface area contributed by atoms with Gasteiger partial charge in [0.2, 0.25) is 0 Å². The second-order valence-electron chi connectivity index (χ2n) is 6.38. The number of rotatable bonds is 7. The van der Waals surface area contributed by atoms with Gasteiger partial charge in [-0.2, -0.15) is 0 Å². The van der Waals surface area contributed by atoms with Crippen LogP contribution in [-0.4, -0.2) is 31.9 Å². The molecule has 0 spiro atoms. The minimum absolute atomic E-state index is 0.130. The van der Waals surface area contributed by atoms with Crippen molar-refractivity contribution >= 4 is 0 Å². The fourth-order valence-corrected chi connectivity index (χ4v) is 3.35. The second kappa shape index (κ2) is 8.04. The van der Waals surface area contributed by atoms with E-state index in [2.05, 4.69) is 5.32 Å². The lowest BCUT2D eigenvalue weighted by Gasteiger charge is -2.39. The minimum atomic E-state index is -0.963. The van der Waals surface area contributed by atoms with Crippen molar-refractivity contribution < 1.29 is 14.2 Å². The number of nitrogens with one attached hydrogen (secondary N) is 1. The Morgan fingerprint density at radius 3 is 2.86 bits per heavy atom. The predicted molar refractivity (Wildman–Crippen MR) is 86.4 cm³/mol. The van der Waals surface area contributed by atoms with Gasteiger partial charge in [-0.1, -0.05) is 12.1 Å². The smallest absolute Gasteiger partial charge is 0.126 e. The largest absolute Gasteiger partial charge is 0.385 e. The molecule has 1 aromatic rings. The number of unbranched alkanes of at least 4 members (excludes halogenated alkanes) is 1. The summed E-state index contributed by atoms with van der Waals surface area (Å²) in [6.07, 6.45) is 4.46. The molecule has 1 unspecified atom stereocenters. The molecule has 1 aliphatic heterocycles. The zero-order valence-corrected chi connectivity index (χ0v) is 13.7. The van der Waals surface area contributed by atoms with Crippen molar-refractivity contribution in [3.8, 4) is 0 Å². The van der Waals surface area contributed by atoms with Crippen molar-refractivity contribution in [2.45, 2.75) is 44.6 Å². The Labute approximate surface area is 132 Å². The van der Waals surface area contributed by atoms with Crippen molar-refractivity contribution in [1.82, 2.24) is 5.32 Å². The van der Waals surface area contributed by atoms with Gasteiger partial charge < -0.3 is 15.2 Å². The highest BCUT2D eigenvalue weighted by Crippen LogP contribution is 2.38. The van der Waals surface area contributed by atoms with Gasteiger partial charge in [0, 0.05) is 26.2 Å². The highest BCUT2D eigenvalue weighted by Gasteiger charge is 2.38. The van der Waals surface area contributed by atoms with Gasteiger partial charge >= 0.3 is 0 Å². The maximum absolute atomic E-state index is 14.0. The van der Waals surface area contributed by atoms with E-state index in [1.165, 1.54) is 6.07 Å². The molecule has 1 saturated heterocycles. The molecule has 3 nitrogen and oxygen atoms in total. The van der Waals surface area contributed by atoms with Gasteiger partial charge in [-0.15, -0.1) is 0 Å². The van der Waals surface area contributed by atoms with Gasteiger partial charge in [-0.25, -0.2) is 4.39 Å². The van der Waals surface area contributed by atoms with Gasteiger partial charge in [0.15, 0.2) is 0 Å². The summed E-state index contributed by atoms with van der Waals surface area (Å²) in [6.45, 7) is 4.23. The van der Waals surface area contributed by atoms with Crippen LogP contribution in [0.2, 0.25) is 0 Å². The molecular weight excluding hydrogens is 281 g/mol. The van der Waals surface area contributed by atoms with Crippen LogP contribution in [0.4, 0.5) is 4.39 Å². The molecule has 1 fully saturated rings. The number of benzene rings is 1. The van der Waals surface area contributed by atoms with E-state index in [9.17, 15) is 9.50 Å². The molecule has 0 radical (unpaired) electrons. The average Bonchev–Trinajstić information content (AvgIpc) is 2.55. The summed E-state index contributed by atoms with van der Waals surface area (Å²) < 4.78 is 19.1. The Bertz CT molecular complexity index is 474.